The summed E-state index contributed by atoms with van der Waals surface area (Å²) >= 11 is 1.61. The topological polar surface area (TPSA) is 98.1 Å². The summed E-state index contributed by atoms with van der Waals surface area (Å²) in [6, 6.07) is 5.26. The molecule has 0 bridgehead atoms. The van der Waals surface area contributed by atoms with Crippen molar-refractivity contribution in [2.45, 2.75) is 18.6 Å². The second kappa shape index (κ2) is 9.19. The standard InChI is InChI=1S/C19H23N7O2S/c1-2-29-19-23-16(25-9-11-28-12-10-25)14-13-22-26(17(14)24-19)8-7-21-18(27)15-5-3-4-6-20-15/h3-6,13H,2,7-12H2,1H3,(H,21,27). The molecule has 0 aromatic carbocycles. The van der Waals surface area contributed by atoms with Crippen LogP contribution in [0.3, 0.4) is 0 Å². The third-order valence-electron chi connectivity index (χ3n) is 4.55. The number of nitrogens with one attached hydrogen (secondary N) is 1. The Morgan fingerprint density at radius 1 is 1.28 bits per heavy atom. The molecule has 1 saturated heterocycles. The molecule has 1 aliphatic rings. The van der Waals surface area contributed by atoms with Crippen LogP contribution in [0.5, 0.6) is 0 Å². The predicted molar refractivity (Wildman–Crippen MR) is 111 cm³/mol. The Bertz CT molecular complexity index is 973. The molecule has 1 amide bonds. The van der Waals surface area contributed by atoms with Crippen molar-refractivity contribution in [3.63, 3.8) is 0 Å². The van der Waals surface area contributed by atoms with Gasteiger partial charge >= 0.3 is 0 Å². The van der Waals surface area contributed by atoms with Crippen LogP contribution in [0.15, 0.2) is 35.7 Å². The van der Waals surface area contributed by atoms with Gasteiger partial charge in [-0.25, -0.2) is 14.6 Å². The number of thioether (sulfide) groups is 1. The fourth-order valence-electron chi connectivity index (χ4n) is 3.16. The number of hydrogen-bond acceptors (Lipinski definition) is 8. The second-order valence-electron chi connectivity index (χ2n) is 6.44. The van der Waals surface area contributed by atoms with Gasteiger partial charge in [-0.15, -0.1) is 0 Å². The maximum atomic E-state index is 12.2. The highest BCUT2D eigenvalue weighted by molar-refractivity contribution is 7.99. The molecule has 1 N–H and O–H groups in total. The average molecular weight is 414 g/mol. The number of carbonyl (C=O) groups is 1. The quantitative estimate of drug-likeness (QED) is 0.461. The maximum absolute atomic E-state index is 12.2. The van der Waals surface area contributed by atoms with Gasteiger partial charge < -0.3 is 15.0 Å². The number of morpholine rings is 1. The first-order valence-corrected chi connectivity index (χ1v) is 10.6. The number of pyridine rings is 1. The number of ether oxygens (including phenoxy) is 1. The highest BCUT2D eigenvalue weighted by Crippen LogP contribution is 2.27. The summed E-state index contributed by atoms with van der Waals surface area (Å²) in [6.45, 7) is 6.00. The molecule has 0 atom stereocenters. The molecule has 0 aliphatic carbocycles. The lowest BCUT2D eigenvalue weighted by molar-refractivity contribution is 0.0947. The van der Waals surface area contributed by atoms with Crippen LogP contribution < -0.4 is 10.2 Å². The van der Waals surface area contributed by atoms with E-state index in [2.05, 4.69) is 27.2 Å². The molecule has 0 spiro atoms. The van der Waals surface area contributed by atoms with Crippen LogP contribution in [-0.2, 0) is 11.3 Å². The minimum absolute atomic E-state index is 0.201. The van der Waals surface area contributed by atoms with Crippen LogP contribution in [-0.4, -0.2) is 69.2 Å². The number of carbonyl (C=O) groups excluding carboxylic acids is 1. The number of rotatable bonds is 7. The molecule has 1 fully saturated rings. The van der Waals surface area contributed by atoms with Crippen LogP contribution in [0.1, 0.15) is 17.4 Å². The minimum atomic E-state index is -0.201. The lowest BCUT2D eigenvalue weighted by Crippen LogP contribution is -2.37. The zero-order valence-electron chi connectivity index (χ0n) is 16.2. The molecule has 152 valence electrons. The Hall–Kier alpha value is -2.72. The number of aromatic nitrogens is 5. The molecule has 0 unspecified atom stereocenters. The van der Waals surface area contributed by atoms with Crippen molar-refractivity contribution in [1.29, 1.82) is 0 Å². The van der Waals surface area contributed by atoms with Crippen LogP contribution in [0.2, 0.25) is 0 Å². The van der Waals surface area contributed by atoms with Gasteiger partial charge in [0.05, 0.1) is 31.3 Å². The number of nitrogens with zero attached hydrogens (tertiary/aromatic N) is 6. The zero-order chi connectivity index (χ0) is 20.1. The minimum Gasteiger partial charge on any atom is -0.378 e. The number of anilines is 1. The van der Waals surface area contributed by atoms with Gasteiger partial charge in [0.25, 0.3) is 5.91 Å². The predicted octanol–water partition coefficient (Wildman–Crippen LogP) is 1.60. The van der Waals surface area contributed by atoms with Crippen molar-refractivity contribution in [2.75, 3.05) is 43.5 Å². The van der Waals surface area contributed by atoms with E-state index in [0.717, 1.165) is 40.9 Å². The largest absolute Gasteiger partial charge is 0.378 e. The third-order valence-corrected chi connectivity index (χ3v) is 5.28. The molecule has 3 aromatic rings. The van der Waals surface area contributed by atoms with Gasteiger partial charge in [-0.3, -0.25) is 9.78 Å². The Balaban J connectivity index is 1.53. The summed E-state index contributed by atoms with van der Waals surface area (Å²) in [5.41, 5.74) is 1.18. The molecule has 10 heteroatoms. The molecular weight excluding hydrogens is 390 g/mol. The van der Waals surface area contributed by atoms with E-state index in [1.165, 1.54) is 0 Å². The van der Waals surface area contributed by atoms with E-state index >= 15 is 0 Å². The lowest BCUT2D eigenvalue weighted by atomic mass is 10.3. The first kappa shape index (κ1) is 19.6. The number of fused-ring (bicyclic) bond motifs is 1. The van der Waals surface area contributed by atoms with Gasteiger partial charge in [0.15, 0.2) is 10.8 Å². The molecule has 0 radical (unpaired) electrons. The monoisotopic (exact) mass is 413 g/mol. The van der Waals surface area contributed by atoms with Crippen molar-refractivity contribution in [2.24, 2.45) is 0 Å². The van der Waals surface area contributed by atoms with Crippen LogP contribution in [0.25, 0.3) is 11.0 Å². The van der Waals surface area contributed by atoms with Crippen molar-refractivity contribution in [1.82, 2.24) is 30.0 Å². The molecule has 1 aliphatic heterocycles. The average Bonchev–Trinajstić information content (AvgIpc) is 3.17. The normalized spacial score (nSPS) is 14.3. The Morgan fingerprint density at radius 2 is 2.14 bits per heavy atom. The van der Waals surface area contributed by atoms with E-state index < -0.39 is 0 Å². The summed E-state index contributed by atoms with van der Waals surface area (Å²) in [7, 11) is 0. The molecule has 0 saturated carbocycles. The number of amides is 1. The van der Waals surface area contributed by atoms with Crippen LogP contribution >= 0.6 is 11.8 Å². The Labute approximate surface area is 172 Å². The third kappa shape index (κ3) is 4.48. The van der Waals surface area contributed by atoms with E-state index in [1.54, 1.807) is 42.4 Å². The van der Waals surface area contributed by atoms with E-state index in [9.17, 15) is 4.79 Å². The van der Waals surface area contributed by atoms with Crippen molar-refractivity contribution in [3.8, 4) is 0 Å². The maximum Gasteiger partial charge on any atom is 0.269 e. The van der Waals surface area contributed by atoms with Gasteiger partial charge in [-0.1, -0.05) is 24.8 Å². The molecule has 4 heterocycles. The second-order valence-corrected chi connectivity index (χ2v) is 7.67. The zero-order valence-corrected chi connectivity index (χ0v) is 17.1. The molecule has 4 rings (SSSR count). The van der Waals surface area contributed by atoms with E-state index in [0.29, 0.717) is 32.0 Å². The summed E-state index contributed by atoms with van der Waals surface area (Å²) in [6.07, 6.45) is 3.41. The van der Waals surface area contributed by atoms with Gasteiger partial charge in [0, 0.05) is 25.8 Å². The van der Waals surface area contributed by atoms with Crippen molar-refractivity contribution >= 4 is 34.5 Å². The van der Waals surface area contributed by atoms with Gasteiger partial charge in [-0.05, 0) is 17.9 Å². The molecule has 9 nitrogen and oxygen atoms in total. The van der Waals surface area contributed by atoms with Crippen LogP contribution in [0.4, 0.5) is 5.82 Å². The molecule has 3 aromatic heterocycles. The molecular formula is C19H23N7O2S. The first-order chi connectivity index (χ1) is 14.3. The number of hydrogen-bond donors (Lipinski definition) is 1. The van der Waals surface area contributed by atoms with Gasteiger partial charge in [-0.2, -0.15) is 5.10 Å². The summed E-state index contributed by atoms with van der Waals surface area (Å²) < 4.78 is 7.29. The summed E-state index contributed by atoms with van der Waals surface area (Å²) in [5, 5.41) is 9.04. The Morgan fingerprint density at radius 3 is 2.90 bits per heavy atom. The highest BCUT2D eigenvalue weighted by Gasteiger charge is 2.20. The first-order valence-electron chi connectivity index (χ1n) is 9.64. The van der Waals surface area contributed by atoms with Crippen LogP contribution in [0, 0.1) is 0 Å². The van der Waals surface area contributed by atoms with Gasteiger partial charge in [0.1, 0.15) is 11.5 Å². The van der Waals surface area contributed by atoms with E-state index in [1.807, 2.05) is 4.68 Å². The van der Waals surface area contributed by atoms with Gasteiger partial charge in [0.2, 0.25) is 0 Å². The SMILES string of the molecule is CCSc1nc(N2CCOCC2)c2cnn(CCNC(=O)c3ccccn3)c2n1. The van der Waals surface area contributed by atoms with E-state index in [4.69, 9.17) is 14.7 Å². The summed E-state index contributed by atoms with van der Waals surface area (Å²) in [5.74, 6) is 1.59. The van der Waals surface area contributed by atoms with Crippen molar-refractivity contribution < 1.29 is 9.53 Å². The fourth-order valence-corrected chi connectivity index (χ4v) is 3.72. The van der Waals surface area contributed by atoms with E-state index in [-0.39, 0.29) is 5.91 Å². The summed E-state index contributed by atoms with van der Waals surface area (Å²) in [4.78, 5) is 27.9. The Kier molecular flexibility index (Phi) is 6.20. The smallest absolute Gasteiger partial charge is 0.269 e. The lowest BCUT2D eigenvalue weighted by Gasteiger charge is -2.28. The molecule has 29 heavy (non-hydrogen) atoms. The fraction of sp³-hybridized carbons (Fsp3) is 0.421. The van der Waals surface area contributed by atoms with Crippen molar-refractivity contribution in [3.05, 3.63) is 36.3 Å². The highest BCUT2D eigenvalue weighted by atomic mass is 32.2.